The van der Waals surface area contributed by atoms with Crippen LogP contribution < -0.4 is 19.5 Å². The lowest BCUT2D eigenvalue weighted by Gasteiger charge is -2.18. The van der Waals surface area contributed by atoms with E-state index in [2.05, 4.69) is 32.3 Å². The van der Waals surface area contributed by atoms with Crippen LogP contribution in [0.2, 0.25) is 0 Å². The van der Waals surface area contributed by atoms with Crippen LogP contribution in [0.15, 0.2) is 24.3 Å². The topological polar surface area (TPSA) is 68.7 Å². The molecule has 0 amide bonds. The normalized spacial score (nSPS) is 17.2. The van der Waals surface area contributed by atoms with Gasteiger partial charge in [-0.15, -0.1) is 0 Å². The van der Waals surface area contributed by atoms with Crippen molar-refractivity contribution in [3.8, 4) is 17.4 Å². The highest BCUT2D eigenvalue weighted by Gasteiger charge is 2.23. The van der Waals surface area contributed by atoms with Gasteiger partial charge in [-0.2, -0.15) is 4.98 Å². The van der Waals surface area contributed by atoms with Crippen LogP contribution in [0, 0.1) is 6.92 Å². The Morgan fingerprint density at radius 3 is 2.42 bits per heavy atom. The first kappa shape index (κ1) is 18.3. The summed E-state index contributed by atoms with van der Waals surface area (Å²) in [5.74, 6) is 2.83. The van der Waals surface area contributed by atoms with Gasteiger partial charge >= 0.3 is 0 Å². The minimum Gasteiger partial charge on any atom is -0.497 e. The Balaban J connectivity index is 1.61. The minimum absolute atomic E-state index is 0.314. The fourth-order valence-corrected chi connectivity index (χ4v) is 3.20. The van der Waals surface area contributed by atoms with Crippen molar-refractivity contribution in [1.82, 2.24) is 14.9 Å². The zero-order valence-corrected chi connectivity index (χ0v) is 15.8. The molecule has 0 spiro atoms. The third kappa shape index (κ3) is 4.54. The molecule has 1 unspecified atom stereocenters. The van der Waals surface area contributed by atoms with Crippen molar-refractivity contribution in [2.45, 2.75) is 25.9 Å². The van der Waals surface area contributed by atoms with E-state index in [0.717, 1.165) is 43.2 Å². The standard InChI is InChI=1S/C19H26N4O3/c1-13-7-18(26-4)22-19(20-13)21-15-5-6-23(12-15)11-14-8-16(24-2)10-17(9-14)25-3/h7-10,15H,5-6,11-12H2,1-4H3,(H,20,21,22). The van der Waals surface area contributed by atoms with E-state index in [0.29, 0.717) is 17.9 Å². The van der Waals surface area contributed by atoms with Crippen molar-refractivity contribution in [2.75, 3.05) is 39.7 Å². The number of likely N-dealkylation sites (tertiary alicyclic amines) is 1. The first-order valence-electron chi connectivity index (χ1n) is 8.70. The number of nitrogens with one attached hydrogen (secondary N) is 1. The molecule has 7 nitrogen and oxygen atoms in total. The second-order valence-corrected chi connectivity index (χ2v) is 6.46. The van der Waals surface area contributed by atoms with Gasteiger partial charge < -0.3 is 19.5 Å². The molecule has 1 atom stereocenters. The van der Waals surface area contributed by atoms with Gasteiger partial charge in [-0.05, 0) is 31.0 Å². The fourth-order valence-electron chi connectivity index (χ4n) is 3.20. The van der Waals surface area contributed by atoms with Crippen molar-refractivity contribution < 1.29 is 14.2 Å². The molecule has 0 radical (unpaired) electrons. The van der Waals surface area contributed by atoms with E-state index in [9.17, 15) is 0 Å². The van der Waals surface area contributed by atoms with Crippen molar-refractivity contribution in [1.29, 1.82) is 0 Å². The summed E-state index contributed by atoms with van der Waals surface area (Å²) in [4.78, 5) is 11.2. The number of rotatable bonds is 7. The number of benzene rings is 1. The van der Waals surface area contributed by atoms with E-state index >= 15 is 0 Å². The second kappa shape index (κ2) is 8.23. The van der Waals surface area contributed by atoms with Crippen molar-refractivity contribution in [3.05, 3.63) is 35.5 Å². The van der Waals surface area contributed by atoms with Crippen LogP contribution in [-0.2, 0) is 6.54 Å². The summed E-state index contributed by atoms with van der Waals surface area (Å²) in [5, 5.41) is 3.42. The number of aromatic nitrogens is 2. The van der Waals surface area contributed by atoms with Gasteiger partial charge in [-0.1, -0.05) is 0 Å². The SMILES string of the molecule is COc1cc(CN2CCC(Nc3nc(C)cc(OC)n3)C2)cc(OC)c1. The van der Waals surface area contributed by atoms with Crippen molar-refractivity contribution >= 4 is 5.95 Å². The van der Waals surface area contributed by atoms with E-state index in [1.165, 1.54) is 5.56 Å². The van der Waals surface area contributed by atoms with E-state index in [4.69, 9.17) is 14.2 Å². The molecule has 1 N–H and O–H groups in total. The summed E-state index contributed by atoms with van der Waals surface area (Å²) < 4.78 is 15.9. The molecule has 0 bridgehead atoms. The van der Waals surface area contributed by atoms with Crippen LogP contribution in [0.4, 0.5) is 5.95 Å². The lowest BCUT2D eigenvalue weighted by atomic mass is 10.2. The maximum absolute atomic E-state index is 5.36. The third-order valence-electron chi connectivity index (χ3n) is 4.46. The quantitative estimate of drug-likeness (QED) is 0.815. The zero-order valence-electron chi connectivity index (χ0n) is 15.8. The molecule has 140 valence electrons. The molecular weight excluding hydrogens is 332 g/mol. The molecule has 1 aliphatic rings. The van der Waals surface area contributed by atoms with E-state index in [-0.39, 0.29) is 0 Å². The Morgan fingerprint density at radius 2 is 1.77 bits per heavy atom. The van der Waals surface area contributed by atoms with Gasteiger partial charge in [0.2, 0.25) is 11.8 Å². The number of ether oxygens (including phenoxy) is 3. The highest BCUT2D eigenvalue weighted by Crippen LogP contribution is 2.25. The number of methoxy groups -OCH3 is 3. The number of hydrogen-bond donors (Lipinski definition) is 1. The zero-order chi connectivity index (χ0) is 18.5. The number of anilines is 1. The van der Waals surface area contributed by atoms with Gasteiger partial charge in [0.15, 0.2) is 0 Å². The lowest BCUT2D eigenvalue weighted by molar-refractivity contribution is 0.326. The van der Waals surface area contributed by atoms with Crippen LogP contribution >= 0.6 is 0 Å². The fraction of sp³-hybridized carbons (Fsp3) is 0.474. The van der Waals surface area contributed by atoms with Crippen LogP contribution in [0.25, 0.3) is 0 Å². The summed E-state index contributed by atoms with van der Waals surface area (Å²) in [6, 6.07) is 8.13. The van der Waals surface area contributed by atoms with Crippen LogP contribution in [0.5, 0.6) is 17.4 Å². The van der Waals surface area contributed by atoms with Gasteiger partial charge in [0.1, 0.15) is 11.5 Å². The van der Waals surface area contributed by atoms with Crippen molar-refractivity contribution in [3.63, 3.8) is 0 Å². The monoisotopic (exact) mass is 358 g/mol. The molecule has 1 aromatic carbocycles. The predicted molar refractivity (Wildman–Crippen MR) is 100 cm³/mol. The third-order valence-corrected chi connectivity index (χ3v) is 4.46. The highest BCUT2D eigenvalue weighted by atomic mass is 16.5. The molecule has 1 aromatic heterocycles. The van der Waals surface area contributed by atoms with Crippen LogP contribution in [0.3, 0.4) is 0 Å². The van der Waals surface area contributed by atoms with Gasteiger partial charge in [-0.3, -0.25) is 4.90 Å². The highest BCUT2D eigenvalue weighted by molar-refractivity contribution is 5.38. The van der Waals surface area contributed by atoms with Gasteiger partial charge in [0, 0.05) is 43.5 Å². The number of nitrogens with zero attached hydrogens (tertiary/aromatic N) is 3. The summed E-state index contributed by atoms with van der Waals surface area (Å²) in [7, 11) is 4.96. The molecule has 2 aromatic rings. The molecule has 7 heteroatoms. The van der Waals surface area contributed by atoms with E-state index in [1.54, 1.807) is 21.3 Å². The van der Waals surface area contributed by atoms with Crippen LogP contribution in [0.1, 0.15) is 17.7 Å². The maximum Gasteiger partial charge on any atom is 0.226 e. The Kier molecular flexibility index (Phi) is 5.78. The number of hydrogen-bond acceptors (Lipinski definition) is 7. The molecule has 1 fully saturated rings. The average Bonchev–Trinajstić information content (AvgIpc) is 3.07. The Morgan fingerprint density at radius 1 is 1.04 bits per heavy atom. The molecule has 0 saturated carbocycles. The van der Waals surface area contributed by atoms with E-state index < -0.39 is 0 Å². The molecule has 2 heterocycles. The van der Waals surface area contributed by atoms with Crippen molar-refractivity contribution in [2.24, 2.45) is 0 Å². The molecular formula is C19H26N4O3. The molecule has 1 saturated heterocycles. The molecule has 0 aliphatic carbocycles. The molecule has 26 heavy (non-hydrogen) atoms. The minimum atomic E-state index is 0.314. The Hall–Kier alpha value is -2.54. The smallest absolute Gasteiger partial charge is 0.226 e. The maximum atomic E-state index is 5.36. The van der Waals surface area contributed by atoms with Gasteiger partial charge in [0.05, 0.1) is 21.3 Å². The lowest BCUT2D eigenvalue weighted by Crippen LogP contribution is -2.26. The van der Waals surface area contributed by atoms with E-state index in [1.807, 2.05) is 19.1 Å². The van der Waals surface area contributed by atoms with Crippen LogP contribution in [-0.4, -0.2) is 55.3 Å². The largest absolute Gasteiger partial charge is 0.497 e. The summed E-state index contributed by atoms with van der Waals surface area (Å²) in [6.07, 6.45) is 1.04. The van der Waals surface area contributed by atoms with Gasteiger partial charge in [0.25, 0.3) is 0 Å². The predicted octanol–water partition coefficient (Wildman–Crippen LogP) is 2.50. The second-order valence-electron chi connectivity index (χ2n) is 6.46. The number of aryl methyl sites for hydroxylation is 1. The Labute approximate surface area is 154 Å². The Bertz CT molecular complexity index is 731. The van der Waals surface area contributed by atoms with Gasteiger partial charge in [-0.25, -0.2) is 4.98 Å². The molecule has 1 aliphatic heterocycles. The first-order valence-corrected chi connectivity index (χ1v) is 8.70. The summed E-state index contributed by atoms with van der Waals surface area (Å²) in [6.45, 7) is 4.73. The molecule has 3 rings (SSSR count). The summed E-state index contributed by atoms with van der Waals surface area (Å²) in [5.41, 5.74) is 2.06. The first-order chi connectivity index (χ1) is 12.6. The summed E-state index contributed by atoms with van der Waals surface area (Å²) >= 11 is 0. The average molecular weight is 358 g/mol.